The molecule has 1 fully saturated rings. The summed E-state index contributed by atoms with van der Waals surface area (Å²) in [6, 6.07) is 6.40. The third-order valence-corrected chi connectivity index (χ3v) is 4.22. The zero-order valence-corrected chi connectivity index (χ0v) is 13.1. The Kier molecular flexibility index (Phi) is 4.82. The summed E-state index contributed by atoms with van der Waals surface area (Å²) in [5, 5.41) is 0.756. The van der Waals surface area contributed by atoms with Crippen molar-refractivity contribution in [3.63, 3.8) is 0 Å². The Bertz CT molecular complexity index is 469. The number of halogens is 1. The Hall–Kier alpha value is -0.640. The van der Waals surface area contributed by atoms with Gasteiger partial charge >= 0.3 is 0 Å². The average molecular weight is 297 g/mol. The van der Waals surface area contributed by atoms with Gasteiger partial charge in [0.15, 0.2) is 0 Å². The zero-order chi connectivity index (χ0) is 14.0. The predicted octanol–water partition coefficient (Wildman–Crippen LogP) is 3.59. The maximum absolute atomic E-state index is 6.33. The molecule has 0 heterocycles. The van der Waals surface area contributed by atoms with Gasteiger partial charge in [-0.25, -0.2) is 0 Å². The van der Waals surface area contributed by atoms with Crippen LogP contribution in [0.3, 0.4) is 0 Å². The Morgan fingerprint density at radius 2 is 2.16 bits per heavy atom. The molecule has 0 aromatic heterocycles. The molecule has 0 atom stereocenters. The predicted molar refractivity (Wildman–Crippen MR) is 85.6 cm³/mol. The number of rotatable bonds is 6. The zero-order valence-electron chi connectivity index (χ0n) is 11.5. The van der Waals surface area contributed by atoms with E-state index >= 15 is 0 Å². The van der Waals surface area contributed by atoms with Crippen molar-refractivity contribution in [1.82, 2.24) is 4.90 Å². The highest BCUT2D eigenvalue weighted by Crippen LogP contribution is 2.31. The first-order valence-electron chi connectivity index (χ1n) is 6.79. The largest absolute Gasteiger partial charge is 0.389 e. The lowest BCUT2D eigenvalue weighted by Crippen LogP contribution is -2.32. The monoisotopic (exact) mass is 296 g/mol. The number of hydrogen-bond acceptors (Lipinski definition) is 2. The minimum Gasteiger partial charge on any atom is -0.389 e. The van der Waals surface area contributed by atoms with Crippen LogP contribution in [0.1, 0.15) is 37.8 Å². The lowest BCUT2D eigenvalue weighted by atomic mass is 10.1. The molecule has 19 heavy (non-hydrogen) atoms. The summed E-state index contributed by atoms with van der Waals surface area (Å²) in [4.78, 5) is 2.88. The normalized spacial score (nSPS) is 15.2. The topological polar surface area (TPSA) is 29.3 Å². The second-order valence-electron chi connectivity index (χ2n) is 5.64. The van der Waals surface area contributed by atoms with Gasteiger partial charge in [0, 0.05) is 29.7 Å². The van der Waals surface area contributed by atoms with Crippen molar-refractivity contribution in [2.45, 2.75) is 39.3 Å². The minimum absolute atomic E-state index is 0.396. The van der Waals surface area contributed by atoms with Gasteiger partial charge in [-0.3, -0.25) is 4.90 Å². The molecular formula is C15H21ClN2S. The van der Waals surface area contributed by atoms with Crippen LogP contribution >= 0.6 is 23.8 Å². The van der Waals surface area contributed by atoms with Crippen molar-refractivity contribution in [3.8, 4) is 0 Å². The van der Waals surface area contributed by atoms with Crippen LogP contribution in [0.15, 0.2) is 18.2 Å². The molecule has 2 N–H and O–H groups in total. The third kappa shape index (κ3) is 4.16. The van der Waals surface area contributed by atoms with Gasteiger partial charge in [0.1, 0.15) is 4.99 Å². The fourth-order valence-electron chi connectivity index (χ4n) is 2.14. The number of nitrogens with two attached hydrogens (primary N) is 1. The maximum Gasteiger partial charge on any atom is 0.104 e. The molecule has 0 amide bonds. The number of hydrogen-bond donors (Lipinski definition) is 1. The number of nitrogens with zero attached hydrogens (tertiary/aromatic N) is 1. The van der Waals surface area contributed by atoms with Crippen LogP contribution in [0.2, 0.25) is 5.02 Å². The first-order chi connectivity index (χ1) is 8.97. The third-order valence-electron chi connectivity index (χ3n) is 3.63. The second kappa shape index (κ2) is 6.21. The fraction of sp³-hybridized carbons (Fsp3) is 0.533. The SMILES string of the molecule is CC(C)N(Cc1ccc(C(N)=S)cc1Cl)CC1CC1. The summed E-state index contributed by atoms with van der Waals surface area (Å²) in [6.07, 6.45) is 2.74. The van der Waals surface area contributed by atoms with Crippen molar-refractivity contribution in [1.29, 1.82) is 0 Å². The van der Waals surface area contributed by atoms with E-state index < -0.39 is 0 Å². The molecule has 104 valence electrons. The lowest BCUT2D eigenvalue weighted by Gasteiger charge is -2.27. The van der Waals surface area contributed by atoms with E-state index in [0.717, 1.165) is 28.6 Å². The Balaban J connectivity index is 2.09. The molecule has 0 saturated heterocycles. The van der Waals surface area contributed by atoms with Crippen molar-refractivity contribution in [3.05, 3.63) is 34.3 Å². The lowest BCUT2D eigenvalue weighted by molar-refractivity contribution is 0.204. The standard InChI is InChI=1S/C15H21ClN2S/c1-10(2)18(8-11-3-4-11)9-13-6-5-12(15(17)19)7-14(13)16/h5-7,10-11H,3-4,8-9H2,1-2H3,(H2,17,19). The highest BCUT2D eigenvalue weighted by Gasteiger charge is 2.25. The summed E-state index contributed by atoms with van der Waals surface area (Å²) in [5.41, 5.74) is 7.60. The second-order valence-corrected chi connectivity index (χ2v) is 6.48. The summed E-state index contributed by atoms with van der Waals surface area (Å²) in [6.45, 7) is 6.54. The summed E-state index contributed by atoms with van der Waals surface area (Å²) < 4.78 is 0. The molecule has 1 aliphatic carbocycles. The van der Waals surface area contributed by atoms with Crippen LogP contribution in [0.4, 0.5) is 0 Å². The van der Waals surface area contributed by atoms with Crippen LogP contribution in [0.25, 0.3) is 0 Å². The maximum atomic E-state index is 6.33. The van der Waals surface area contributed by atoms with Crippen LogP contribution in [0, 0.1) is 5.92 Å². The van der Waals surface area contributed by atoms with Crippen LogP contribution < -0.4 is 5.73 Å². The van der Waals surface area contributed by atoms with Gasteiger partial charge in [-0.05, 0) is 44.2 Å². The Labute approximate surface area is 125 Å². The minimum atomic E-state index is 0.396. The van der Waals surface area contributed by atoms with Gasteiger partial charge in [-0.2, -0.15) is 0 Å². The summed E-state index contributed by atoms with van der Waals surface area (Å²) in [5.74, 6) is 0.886. The molecule has 1 saturated carbocycles. The van der Waals surface area contributed by atoms with E-state index in [1.807, 2.05) is 18.2 Å². The molecule has 0 aliphatic heterocycles. The smallest absolute Gasteiger partial charge is 0.104 e. The van der Waals surface area contributed by atoms with Crippen molar-refractivity contribution in [2.24, 2.45) is 11.7 Å². The number of thiocarbonyl (C=S) groups is 1. The molecule has 0 unspecified atom stereocenters. The quantitative estimate of drug-likeness (QED) is 0.814. The average Bonchev–Trinajstić information content (AvgIpc) is 3.14. The Morgan fingerprint density at radius 3 is 2.63 bits per heavy atom. The van der Waals surface area contributed by atoms with E-state index in [-0.39, 0.29) is 0 Å². The van der Waals surface area contributed by atoms with Gasteiger partial charge in [-0.1, -0.05) is 36.0 Å². The molecule has 2 rings (SSSR count). The van der Waals surface area contributed by atoms with Gasteiger partial charge in [0.05, 0.1) is 0 Å². The number of benzene rings is 1. The first-order valence-corrected chi connectivity index (χ1v) is 7.58. The van der Waals surface area contributed by atoms with E-state index in [9.17, 15) is 0 Å². The molecule has 0 spiro atoms. The van der Waals surface area contributed by atoms with E-state index in [2.05, 4.69) is 18.7 Å². The summed E-state index contributed by atoms with van der Waals surface area (Å²) in [7, 11) is 0. The van der Waals surface area contributed by atoms with E-state index in [1.165, 1.54) is 19.4 Å². The highest BCUT2D eigenvalue weighted by molar-refractivity contribution is 7.80. The first kappa shape index (κ1) is 14.8. The van der Waals surface area contributed by atoms with Gasteiger partial charge in [-0.15, -0.1) is 0 Å². The highest BCUT2D eigenvalue weighted by atomic mass is 35.5. The molecule has 2 nitrogen and oxygen atoms in total. The molecule has 1 aromatic carbocycles. The van der Waals surface area contributed by atoms with E-state index in [0.29, 0.717) is 11.0 Å². The van der Waals surface area contributed by atoms with Gasteiger partial charge in [0.2, 0.25) is 0 Å². The van der Waals surface area contributed by atoms with Crippen LogP contribution in [0.5, 0.6) is 0 Å². The fourth-order valence-corrected chi connectivity index (χ4v) is 2.50. The molecule has 1 aromatic rings. The summed E-state index contributed by atoms with van der Waals surface area (Å²) >= 11 is 11.3. The van der Waals surface area contributed by atoms with Crippen molar-refractivity contribution >= 4 is 28.8 Å². The van der Waals surface area contributed by atoms with E-state index in [4.69, 9.17) is 29.6 Å². The molecular weight excluding hydrogens is 276 g/mol. The Morgan fingerprint density at radius 1 is 1.47 bits per heavy atom. The van der Waals surface area contributed by atoms with Crippen LogP contribution in [-0.4, -0.2) is 22.5 Å². The molecule has 4 heteroatoms. The van der Waals surface area contributed by atoms with Crippen molar-refractivity contribution < 1.29 is 0 Å². The van der Waals surface area contributed by atoms with Crippen LogP contribution in [-0.2, 0) is 6.54 Å². The van der Waals surface area contributed by atoms with Crippen molar-refractivity contribution in [2.75, 3.05) is 6.54 Å². The van der Waals surface area contributed by atoms with Gasteiger partial charge < -0.3 is 5.73 Å². The molecule has 1 aliphatic rings. The molecule has 0 bridgehead atoms. The van der Waals surface area contributed by atoms with Gasteiger partial charge in [0.25, 0.3) is 0 Å². The molecule has 0 radical (unpaired) electrons. The van der Waals surface area contributed by atoms with E-state index in [1.54, 1.807) is 0 Å².